The second kappa shape index (κ2) is 15.9. The Balaban J connectivity index is 1.38. The lowest BCUT2D eigenvalue weighted by Gasteiger charge is -2.39. The molecule has 5 aromatic rings. The van der Waals surface area contributed by atoms with Crippen molar-refractivity contribution in [2.24, 2.45) is 0 Å². The summed E-state index contributed by atoms with van der Waals surface area (Å²) in [6.45, 7) is 0.668. The first-order valence-electron chi connectivity index (χ1n) is 16.7. The lowest BCUT2D eigenvalue weighted by Crippen LogP contribution is -2.61. The van der Waals surface area contributed by atoms with Gasteiger partial charge in [-0.1, -0.05) is 84.9 Å². The highest BCUT2D eigenvalue weighted by Crippen LogP contribution is 2.32. The number of benzene rings is 4. The highest BCUT2D eigenvalue weighted by Gasteiger charge is 2.44. The summed E-state index contributed by atoms with van der Waals surface area (Å²) in [6.07, 6.45) is -2.81. The first kappa shape index (κ1) is 35.8. The number of Topliss-reactive ketones (excluding diaryl/α,β-unsaturated/α-hetero) is 1. The third-order valence-electron chi connectivity index (χ3n) is 9.25. The Hall–Kier alpha value is -5.06. The molecule has 6 rings (SSSR count). The van der Waals surface area contributed by atoms with Gasteiger partial charge in [0.2, 0.25) is 0 Å². The van der Waals surface area contributed by atoms with E-state index in [4.69, 9.17) is 4.74 Å². The van der Waals surface area contributed by atoms with Crippen LogP contribution in [0.4, 0.5) is 13.2 Å². The number of alkyl halides is 3. The smallest absolute Gasteiger partial charge is 0.416 e. The molecule has 0 aliphatic carbocycles. The van der Waals surface area contributed by atoms with Gasteiger partial charge in [-0.05, 0) is 82.9 Å². The zero-order valence-electron chi connectivity index (χ0n) is 27.9. The van der Waals surface area contributed by atoms with E-state index in [-0.39, 0.29) is 30.2 Å². The van der Waals surface area contributed by atoms with Gasteiger partial charge in [0.15, 0.2) is 5.78 Å². The van der Waals surface area contributed by atoms with Gasteiger partial charge in [-0.25, -0.2) is 4.79 Å². The Kier molecular flexibility index (Phi) is 11.1. The van der Waals surface area contributed by atoms with Crippen molar-refractivity contribution >= 4 is 29.0 Å². The van der Waals surface area contributed by atoms with Crippen molar-refractivity contribution in [3.05, 3.63) is 142 Å². The van der Waals surface area contributed by atoms with Gasteiger partial charge in [-0.15, -0.1) is 11.3 Å². The predicted octanol–water partition coefficient (Wildman–Crippen LogP) is 8.26. The maximum Gasteiger partial charge on any atom is 0.416 e. The molecule has 1 aliphatic heterocycles. The largest absolute Gasteiger partial charge is 0.467 e. The summed E-state index contributed by atoms with van der Waals surface area (Å²) in [5.41, 5.74) is 3.44. The van der Waals surface area contributed by atoms with Gasteiger partial charge in [-0.2, -0.15) is 13.2 Å². The van der Waals surface area contributed by atoms with Crippen molar-refractivity contribution in [1.29, 1.82) is 0 Å². The zero-order valence-corrected chi connectivity index (χ0v) is 28.8. The van der Waals surface area contributed by atoms with E-state index in [1.807, 2.05) is 72.1 Å². The molecule has 10 heteroatoms. The number of hydrogen-bond acceptors (Lipinski definition) is 6. The monoisotopic (exact) mass is 710 g/mol. The molecule has 6 nitrogen and oxygen atoms in total. The van der Waals surface area contributed by atoms with E-state index in [0.29, 0.717) is 24.1 Å². The summed E-state index contributed by atoms with van der Waals surface area (Å²) >= 11 is 1.45. The van der Waals surface area contributed by atoms with Gasteiger partial charge < -0.3 is 15.0 Å². The molecular formula is C41H37F3N2O4S. The molecule has 0 radical (unpaired) electrons. The molecule has 262 valence electrons. The average molecular weight is 711 g/mol. The number of carbonyl (C=O) groups is 3. The lowest BCUT2D eigenvalue weighted by molar-refractivity contribution is -0.147. The van der Waals surface area contributed by atoms with Gasteiger partial charge in [0.1, 0.15) is 12.1 Å². The zero-order chi connectivity index (χ0) is 36.0. The van der Waals surface area contributed by atoms with E-state index in [1.54, 1.807) is 24.3 Å². The average Bonchev–Trinajstić information content (AvgIpc) is 3.88. The minimum Gasteiger partial charge on any atom is -0.467 e. The van der Waals surface area contributed by atoms with Crippen LogP contribution in [0.5, 0.6) is 0 Å². The topological polar surface area (TPSA) is 75.7 Å². The van der Waals surface area contributed by atoms with Crippen molar-refractivity contribution in [3.8, 4) is 22.3 Å². The molecular weight excluding hydrogens is 674 g/mol. The normalized spacial score (nSPS) is 15.6. The Morgan fingerprint density at radius 1 is 0.824 bits per heavy atom. The summed E-state index contributed by atoms with van der Waals surface area (Å²) < 4.78 is 44.8. The number of thiophene rings is 1. The maximum absolute atomic E-state index is 14.8. The van der Waals surface area contributed by atoms with Gasteiger partial charge in [-0.3, -0.25) is 9.59 Å². The van der Waals surface area contributed by atoms with Gasteiger partial charge in [0.25, 0.3) is 5.91 Å². The van der Waals surface area contributed by atoms with E-state index in [2.05, 4.69) is 5.32 Å². The minimum atomic E-state index is -4.45. The number of nitrogens with zero attached hydrogens (tertiary/aromatic N) is 1. The van der Waals surface area contributed by atoms with Crippen molar-refractivity contribution < 1.29 is 32.3 Å². The van der Waals surface area contributed by atoms with E-state index in [9.17, 15) is 27.6 Å². The number of methoxy groups -OCH3 is 1. The quantitative estimate of drug-likeness (QED) is 0.132. The number of ether oxygens (including phenoxy) is 1. The van der Waals surface area contributed by atoms with Gasteiger partial charge in [0, 0.05) is 29.3 Å². The number of ketones is 1. The SMILES string of the molecule is COC(=O)[C@H](Cc1ccc(-c2ccccc2)cc1)N(C(=O)c1ccc(-c2ccc(C(F)(F)F)cc2)cc1)C(C(=O)Cc1cccs1)[C@H]1CCCN1. The number of esters is 1. The van der Waals surface area contributed by atoms with Crippen LogP contribution in [0.25, 0.3) is 22.3 Å². The third kappa shape index (κ3) is 8.46. The van der Waals surface area contributed by atoms with Gasteiger partial charge in [0.05, 0.1) is 12.7 Å². The summed E-state index contributed by atoms with van der Waals surface area (Å²) in [6, 6.07) is 30.1. The highest BCUT2D eigenvalue weighted by atomic mass is 32.1. The van der Waals surface area contributed by atoms with E-state index < -0.39 is 35.7 Å². The second-order valence-corrected chi connectivity index (χ2v) is 13.6. The summed E-state index contributed by atoms with van der Waals surface area (Å²) in [5.74, 6) is -1.37. The van der Waals surface area contributed by atoms with Crippen molar-refractivity contribution in [2.45, 2.75) is 50.0 Å². The molecule has 1 amide bonds. The number of halogens is 3. The number of amides is 1. The minimum absolute atomic E-state index is 0.0941. The summed E-state index contributed by atoms with van der Waals surface area (Å²) in [7, 11) is 1.27. The molecule has 1 aromatic heterocycles. The lowest BCUT2D eigenvalue weighted by atomic mass is 9.92. The fraction of sp³-hybridized carbons (Fsp3) is 0.244. The van der Waals surface area contributed by atoms with Crippen LogP contribution in [-0.2, 0) is 33.3 Å². The van der Waals surface area contributed by atoms with Crippen LogP contribution in [0.15, 0.2) is 121 Å². The van der Waals surface area contributed by atoms with E-state index >= 15 is 0 Å². The van der Waals surface area contributed by atoms with Crippen molar-refractivity contribution in [1.82, 2.24) is 10.2 Å². The van der Waals surface area contributed by atoms with Crippen LogP contribution < -0.4 is 5.32 Å². The fourth-order valence-electron chi connectivity index (χ4n) is 6.63. The Bertz CT molecular complexity index is 1920. The van der Waals surface area contributed by atoms with Gasteiger partial charge >= 0.3 is 12.1 Å². The predicted molar refractivity (Wildman–Crippen MR) is 192 cm³/mol. The molecule has 4 aromatic carbocycles. The standard InChI is InChI=1S/C41H37F3N2O4S/c1-50-40(49)36(25-27-11-13-29(14-12-27)28-7-3-2-4-8-28)46(38(35-10-5-23-45-35)37(47)26-34-9-6-24-51-34)39(48)32-17-15-30(16-18-32)31-19-21-33(22-20-31)41(42,43)44/h2-4,6-9,11-22,24,35-36,38,45H,5,10,23,25-26H2,1H3/t35-,36+,38?/m1/s1. The Morgan fingerprint density at radius 2 is 1.43 bits per heavy atom. The molecule has 51 heavy (non-hydrogen) atoms. The van der Waals surface area contributed by atoms with Crippen LogP contribution in [0, 0.1) is 0 Å². The van der Waals surface area contributed by atoms with Crippen LogP contribution in [0.3, 0.4) is 0 Å². The molecule has 1 fully saturated rings. The number of nitrogens with one attached hydrogen (secondary N) is 1. The summed E-state index contributed by atoms with van der Waals surface area (Å²) in [4.78, 5) is 45.1. The molecule has 3 atom stereocenters. The van der Waals surface area contributed by atoms with Crippen LogP contribution in [0.2, 0.25) is 0 Å². The van der Waals surface area contributed by atoms with E-state index in [0.717, 1.165) is 40.1 Å². The first-order chi connectivity index (χ1) is 24.6. The van der Waals surface area contributed by atoms with Crippen LogP contribution in [-0.4, -0.2) is 54.3 Å². The molecule has 1 aliphatic rings. The summed E-state index contributed by atoms with van der Waals surface area (Å²) in [5, 5.41) is 5.30. The maximum atomic E-state index is 14.8. The Morgan fingerprint density at radius 3 is 1.98 bits per heavy atom. The third-order valence-corrected chi connectivity index (χ3v) is 10.1. The Labute approximate surface area is 298 Å². The number of hydrogen-bond donors (Lipinski definition) is 1. The number of carbonyl (C=O) groups excluding carboxylic acids is 3. The van der Waals surface area contributed by atoms with Crippen LogP contribution >= 0.6 is 11.3 Å². The van der Waals surface area contributed by atoms with Crippen LogP contribution in [0.1, 0.15) is 39.2 Å². The fourth-order valence-corrected chi connectivity index (χ4v) is 7.34. The highest BCUT2D eigenvalue weighted by molar-refractivity contribution is 7.10. The molecule has 2 heterocycles. The molecule has 0 saturated carbocycles. The van der Waals surface area contributed by atoms with E-state index in [1.165, 1.54) is 35.5 Å². The van der Waals surface area contributed by atoms with Crippen molar-refractivity contribution in [2.75, 3.05) is 13.7 Å². The molecule has 1 N–H and O–H groups in total. The number of rotatable bonds is 12. The van der Waals surface area contributed by atoms with Crippen molar-refractivity contribution in [3.63, 3.8) is 0 Å². The first-order valence-corrected chi connectivity index (χ1v) is 17.6. The molecule has 0 spiro atoms. The molecule has 1 unspecified atom stereocenters. The molecule has 1 saturated heterocycles. The second-order valence-electron chi connectivity index (χ2n) is 12.5. The molecule has 0 bridgehead atoms.